The molecule has 0 bridgehead atoms. The fraction of sp³-hybridized carbons (Fsp3) is 0.429. The highest BCUT2D eigenvalue weighted by Crippen LogP contribution is 2.28. The van der Waals surface area contributed by atoms with Crippen molar-refractivity contribution in [1.29, 1.82) is 0 Å². The van der Waals surface area contributed by atoms with Gasteiger partial charge in [-0.25, -0.2) is 0 Å². The first-order chi connectivity index (χ1) is 9.14. The quantitative estimate of drug-likeness (QED) is 0.886. The average molecular weight is 363 g/mol. The molecule has 0 radical (unpaired) electrons. The summed E-state index contributed by atoms with van der Waals surface area (Å²) in [5.41, 5.74) is -0.126. The van der Waals surface area contributed by atoms with Crippen molar-refractivity contribution in [1.82, 2.24) is 4.90 Å². The van der Waals surface area contributed by atoms with Crippen LogP contribution in [0.3, 0.4) is 0 Å². The second-order valence-corrected chi connectivity index (χ2v) is 6.61. The molecule has 1 aromatic carbocycles. The summed E-state index contributed by atoms with van der Waals surface area (Å²) in [7, 11) is 0. The number of aliphatic carboxylic acids is 1. The van der Waals surface area contributed by atoms with Crippen LogP contribution in [0.25, 0.3) is 0 Å². The number of halogens is 2. The molecule has 0 atom stereocenters. The summed E-state index contributed by atoms with van der Waals surface area (Å²) in [6.07, 6.45) is -0.103. The Hall–Kier alpha value is -1.07. The van der Waals surface area contributed by atoms with Crippen molar-refractivity contribution in [2.45, 2.75) is 32.7 Å². The monoisotopic (exact) mass is 361 g/mol. The van der Waals surface area contributed by atoms with Crippen LogP contribution in [0.15, 0.2) is 22.7 Å². The standard InChI is InChI=1S/C14H17BrClNO3/c1-14(2,3)17(8-7-11(18)19)13(20)9-5-4-6-10(15)12(9)16/h4-6H,7-8H2,1-3H3,(H,18,19). The van der Waals surface area contributed by atoms with E-state index in [9.17, 15) is 9.59 Å². The van der Waals surface area contributed by atoms with Crippen LogP contribution in [0.5, 0.6) is 0 Å². The molecule has 0 fully saturated rings. The molecule has 0 spiro atoms. The number of amides is 1. The molecule has 6 heteroatoms. The highest BCUT2D eigenvalue weighted by atomic mass is 79.9. The van der Waals surface area contributed by atoms with E-state index in [1.165, 1.54) is 4.90 Å². The van der Waals surface area contributed by atoms with Crippen LogP contribution < -0.4 is 0 Å². The average Bonchev–Trinajstić information content (AvgIpc) is 2.30. The summed E-state index contributed by atoms with van der Waals surface area (Å²) in [6.45, 7) is 5.72. The second-order valence-electron chi connectivity index (χ2n) is 5.37. The Morgan fingerprint density at radius 2 is 1.95 bits per heavy atom. The molecule has 0 unspecified atom stereocenters. The van der Waals surface area contributed by atoms with Crippen LogP contribution in [0, 0.1) is 0 Å². The van der Waals surface area contributed by atoms with E-state index in [1.54, 1.807) is 18.2 Å². The largest absolute Gasteiger partial charge is 0.481 e. The van der Waals surface area contributed by atoms with Gasteiger partial charge in [-0.2, -0.15) is 0 Å². The van der Waals surface area contributed by atoms with E-state index in [0.29, 0.717) is 15.1 Å². The zero-order valence-electron chi connectivity index (χ0n) is 11.6. The number of hydrogen-bond acceptors (Lipinski definition) is 2. The molecule has 0 aliphatic carbocycles. The van der Waals surface area contributed by atoms with E-state index in [-0.39, 0.29) is 18.9 Å². The summed E-state index contributed by atoms with van der Waals surface area (Å²) >= 11 is 9.41. The lowest BCUT2D eigenvalue weighted by atomic mass is 10.0. The van der Waals surface area contributed by atoms with Gasteiger partial charge in [0.15, 0.2) is 0 Å². The fourth-order valence-corrected chi connectivity index (χ4v) is 2.34. The van der Waals surface area contributed by atoms with Crippen molar-refractivity contribution in [3.63, 3.8) is 0 Å². The zero-order valence-corrected chi connectivity index (χ0v) is 14.0. The summed E-state index contributed by atoms with van der Waals surface area (Å²) in [5.74, 6) is -1.21. The molecule has 1 amide bonds. The molecule has 0 heterocycles. The molecule has 1 N–H and O–H groups in total. The molecule has 4 nitrogen and oxygen atoms in total. The number of benzene rings is 1. The first-order valence-electron chi connectivity index (χ1n) is 6.12. The van der Waals surface area contributed by atoms with E-state index in [0.717, 1.165) is 0 Å². The Kier molecular flexibility index (Phi) is 5.59. The maximum absolute atomic E-state index is 12.6. The van der Waals surface area contributed by atoms with Crippen molar-refractivity contribution >= 4 is 39.4 Å². The Bertz CT molecular complexity index is 526. The van der Waals surface area contributed by atoms with Gasteiger partial charge in [-0.15, -0.1) is 0 Å². The van der Waals surface area contributed by atoms with Crippen molar-refractivity contribution in [2.24, 2.45) is 0 Å². The number of carbonyl (C=O) groups is 2. The van der Waals surface area contributed by atoms with Crippen LogP contribution >= 0.6 is 27.5 Å². The van der Waals surface area contributed by atoms with Gasteiger partial charge >= 0.3 is 5.97 Å². The summed E-state index contributed by atoms with van der Waals surface area (Å²) in [4.78, 5) is 24.9. The molecule has 20 heavy (non-hydrogen) atoms. The van der Waals surface area contributed by atoms with Gasteiger partial charge in [0, 0.05) is 16.6 Å². The number of nitrogens with zero attached hydrogens (tertiary/aromatic N) is 1. The molecule has 110 valence electrons. The predicted octanol–water partition coefficient (Wildman–Crippen LogP) is 3.82. The Labute approximate surface area is 131 Å². The third-order valence-corrected chi connectivity index (χ3v) is 4.08. The fourth-order valence-electron chi connectivity index (χ4n) is 1.76. The summed E-state index contributed by atoms with van der Waals surface area (Å²) in [6, 6.07) is 5.11. The SMILES string of the molecule is CC(C)(C)N(CCC(=O)O)C(=O)c1cccc(Br)c1Cl. The molecular weight excluding hydrogens is 346 g/mol. The predicted molar refractivity (Wildman–Crippen MR) is 82.2 cm³/mol. The normalized spacial score (nSPS) is 11.2. The first-order valence-corrected chi connectivity index (χ1v) is 7.29. The van der Waals surface area contributed by atoms with Gasteiger partial charge in [-0.3, -0.25) is 9.59 Å². The lowest BCUT2D eigenvalue weighted by molar-refractivity contribution is -0.137. The van der Waals surface area contributed by atoms with Gasteiger partial charge < -0.3 is 10.0 Å². The first kappa shape index (κ1) is 17.0. The van der Waals surface area contributed by atoms with E-state index >= 15 is 0 Å². The molecule has 0 saturated carbocycles. The van der Waals surface area contributed by atoms with E-state index in [2.05, 4.69) is 15.9 Å². The number of carbonyl (C=O) groups excluding carboxylic acids is 1. The third-order valence-electron chi connectivity index (χ3n) is 2.79. The van der Waals surface area contributed by atoms with E-state index in [1.807, 2.05) is 20.8 Å². The van der Waals surface area contributed by atoms with Crippen molar-refractivity contribution in [3.8, 4) is 0 Å². The van der Waals surface area contributed by atoms with Gasteiger partial charge in [-0.1, -0.05) is 17.7 Å². The van der Waals surface area contributed by atoms with Gasteiger partial charge in [0.1, 0.15) is 0 Å². The highest BCUT2D eigenvalue weighted by molar-refractivity contribution is 9.10. The molecule has 0 aliphatic rings. The van der Waals surface area contributed by atoms with Crippen LogP contribution in [0.4, 0.5) is 0 Å². The van der Waals surface area contributed by atoms with Crippen LogP contribution in [0.2, 0.25) is 5.02 Å². The molecule has 1 rings (SSSR count). The summed E-state index contributed by atoms with van der Waals surface area (Å²) < 4.78 is 0.636. The Morgan fingerprint density at radius 3 is 2.45 bits per heavy atom. The zero-order chi connectivity index (χ0) is 15.5. The second kappa shape index (κ2) is 6.59. The minimum absolute atomic E-state index is 0.103. The molecule has 0 aliphatic heterocycles. The lowest BCUT2D eigenvalue weighted by Gasteiger charge is -2.35. The Balaban J connectivity index is 3.10. The van der Waals surface area contributed by atoms with Crippen LogP contribution in [-0.2, 0) is 4.79 Å². The minimum atomic E-state index is -0.938. The number of hydrogen-bond donors (Lipinski definition) is 1. The van der Waals surface area contributed by atoms with Crippen LogP contribution in [0.1, 0.15) is 37.6 Å². The minimum Gasteiger partial charge on any atom is -0.481 e. The topological polar surface area (TPSA) is 57.6 Å². The van der Waals surface area contributed by atoms with Crippen molar-refractivity contribution in [2.75, 3.05) is 6.54 Å². The van der Waals surface area contributed by atoms with Gasteiger partial charge in [0.2, 0.25) is 0 Å². The number of rotatable bonds is 4. The number of carboxylic acids is 1. The molecule has 1 aromatic rings. The van der Waals surface area contributed by atoms with E-state index < -0.39 is 11.5 Å². The highest BCUT2D eigenvalue weighted by Gasteiger charge is 2.29. The molecular formula is C14H17BrClNO3. The van der Waals surface area contributed by atoms with E-state index in [4.69, 9.17) is 16.7 Å². The Morgan fingerprint density at radius 1 is 1.35 bits per heavy atom. The van der Waals surface area contributed by atoms with Crippen molar-refractivity contribution < 1.29 is 14.7 Å². The van der Waals surface area contributed by atoms with Gasteiger partial charge in [0.05, 0.1) is 17.0 Å². The van der Waals surface area contributed by atoms with Gasteiger partial charge in [0.25, 0.3) is 5.91 Å². The lowest BCUT2D eigenvalue weighted by Crippen LogP contribution is -2.46. The molecule has 0 aromatic heterocycles. The maximum Gasteiger partial charge on any atom is 0.305 e. The number of carboxylic acid groups (broad SMARTS) is 1. The smallest absolute Gasteiger partial charge is 0.305 e. The molecule has 0 saturated heterocycles. The third kappa shape index (κ3) is 4.21. The van der Waals surface area contributed by atoms with Gasteiger partial charge in [-0.05, 0) is 48.8 Å². The van der Waals surface area contributed by atoms with Crippen molar-refractivity contribution in [3.05, 3.63) is 33.3 Å². The van der Waals surface area contributed by atoms with Crippen LogP contribution in [-0.4, -0.2) is 34.0 Å². The summed E-state index contributed by atoms with van der Waals surface area (Å²) in [5, 5.41) is 9.14. The maximum atomic E-state index is 12.6.